The molecule has 12 heteroatoms. The molecule has 4 rings (SSSR count). The van der Waals surface area contributed by atoms with Gasteiger partial charge in [0.15, 0.2) is 9.84 Å². The standard InChI is InChI=1S/C26H25F3N2O6S/c1-17-13-18(21-5-2-3-6-22(21)30-17)15-36-19-7-9-20(10-8-19)38(34,35)16-25(11-4-12-25)14-23(32)31-37-24(33)26(27,28)29/h2-3,5-10,13H,4,11-12,14-16H2,1H3,(H,31,32). The van der Waals surface area contributed by atoms with Crippen molar-refractivity contribution in [1.29, 1.82) is 0 Å². The van der Waals surface area contributed by atoms with Crippen molar-refractivity contribution >= 4 is 32.6 Å². The topological polar surface area (TPSA) is 112 Å². The number of nitrogens with one attached hydrogen (secondary N) is 1. The van der Waals surface area contributed by atoms with Crippen molar-refractivity contribution in [2.75, 3.05) is 5.75 Å². The Morgan fingerprint density at radius 3 is 2.39 bits per heavy atom. The molecule has 1 heterocycles. The number of hydrogen-bond acceptors (Lipinski definition) is 7. The lowest BCUT2D eigenvalue weighted by Gasteiger charge is -2.41. The Hall–Kier alpha value is -3.67. The highest BCUT2D eigenvalue weighted by molar-refractivity contribution is 7.91. The second kappa shape index (κ2) is 10.6. The molecule has 0 radical (unpaired) electrons. The summed E-state index contributed by atoms with van der Waals surface area (Å²) < 4.78 is 68.8. The van der Waals surface area contributed by atoms with Gasteiger partial charge in [-0.2, -0.15) is 18.7 Å². The molecule has 3 aromatic rings. The first-order valence-corrected chi connectivity index (χ1v) is 13.4. The van der Waals surface area contributed by atoms with Crippen LogP contribution in [0.3, 0.4) is 0 Å². The van der Waals surface area contributed by atoms with Crippen LogP contribution in [0.2, 0.25) is 0 Å². The van der Waals surface area contributed by atoms with Gasteiger partial charge in [0.2, 0.25) is 0 Å². The Morgan fingerprint density at radius 1 is 1.08 bits per heavy atom. The minimum atomic E-state index is -5.26. The number of para-hydroxylation sites is 1. The number of halogens is 3. The van der Waals surface area contributed by atoms with Crippen LogP contribution in [0.15, 0.2) is 59.5 Å². The largest absolute Gasteiger partial charge is 0.493 e. The molecule has 1 aromatic heterocycles. The van der Waals surface area contributed by atoms with Gasteiger partial charge in [0.25, 0.3) is 5.91 Å². The third-order valence-electron chi connectivity index (χ3n) is 6.44. The lowest BCUT2D eigenvalue weighted by molar-refractivity contribution is -0.207. The van der Waals surface area contributed by atoms with Crippen molar-refractivity contribution in [3.63, 3.8) is 0 Å². The first kappa shape index (κ1) is 27.4. The second-order valence-corrected chi connectivity index (χ2v) is 11.4. The van der Waals surface area contributed by atoms with Crippen LogP contribution in [0.5, 0.6) is 5.75 Å². The summed E-state index contributed by atoms with van der Waals surface area (Å²) in [5.74, 6) is -3.47. The van der Waals surface area contributed by atoms with E-state index in [1.165, 1.54) is 17.6 Å². The Labute approximate surface area is 217 Å². The number of amides is 1. The van der Waals surface area contributed by atoms with Crippen LogP contribution in [0.25, 0.3) is 10.9 Å². The zero-order chi connectivity index (χ0) is 27.6. The van der Waals surface area contributed by atoms with Gasteiger partial charge in [-0.05, 0) is 61.6 Å². The molecule has 0 saturated heterocycles. The molecule has 1 aliphatic carbocycles. The highest BCUT2D eigenvalue weighted by Crippen LogP contribution is 2.46. The van der Waals surface area contributed by atoms with E-state index < -0.39 is 39.7 Å². The van der Waals surface area contributed by atoms with E-state index in [4.69, 9.17) is 4.74 Å². The molecule has 0 bridgehead atoms. The van der Waals surface area contributed by atoms with E-state index in [0.29, 0.717) is 25.0 Å². The van der Waals surface area contributed by atoms with E-state index in [9.17, 15) is 31.2 Å². The molecule has 8 nitrogen and oxygen atoms in total. The van der Waals surface area contributed by atoms with E-state index in [-0.39, 0.29) is 17.3 Å². The van der Waals surface area contributed by atoms with Crippen LogP contribution in [-0.4, -0.2) is 37.2 Å². The number of hydroxylamine groups is 1. The number of carbonyl (C=O) groups is 2. The highest BCUT2D eigenvalue weighted by Gasteiger charge is 2.45. The number of carbonyl (C=O) groups excluding carboxylic acids is 2. The van der Waals surface area contributed by atoms with Crippen LogP contribution in [0.1, 0.15) is 36.9 Å². The number of sulfone groups is 1. The average molecular weight is 551 g/mol. The fourth-order valence-corrected chi connectivity index (χ4v) is 6.41. The first-order chi connectivity index (χ1) is 17.9. The molecule has 202 valence electrons. The first-order valence-electron chi connectivity index (χ1n) is 11.7. The van der Waals surface area contributed by atoms with E-state index in [0.717, 1.165) is 22.2 Å². The summed E-state index contributed by atoms with van der Waals surface area (Å²) in [5, 5.41) is 0.959. The lowest BCUT2D eigenvalue weighted by atomic mass is 9.68. The minimum Gasteiger partial charge on any atom is -0.489 e. The van der Waals surface area contributed by atoms with Crippen molar-refractivity contribution in [2.45, 2.75) is 50.3 Å². The molecule has 1 N–H and O–H groups in total. The molecule has 1 saturated carbocycles. The summed E-state index contributed by atoms with van der Waals surface area (Å²) >= 11 is 0. The number of nitrogens with zero attached hydrogens (tertiary/aromatic N) is 1. The minimum absolute atomic E-state index is 0.0326. The van der Waals surface area contributed by atoms with Crippen molar-refractivity contribution in [1.82, 2.24) is 10.5 Å². The number of ether oxygens (including phenoxy) is 1. The van der Waals surface area contributed by atoms with Crippen LogP contribution in [0, 0.1) is 12.3 Å². The maximum Gasteiger partial charge on any atom is 0.493 e. The average Bonchev–Trinajstić information content (AvgIpc) is 2.84. The molecule has 1 fully saturated rings. The zero-order valence-corrected chi connectivity index (χ0v) is 21.2. The summed E-state index contributed by atoms with van der Waals surface area (Å²) in [7, 11) is -3.83. The Balaban J connectivity index is 1.38. The van der Waals surface area contributed by atoms with Gasteiger partial charge in [-0.25, -0.2) is 13.2 Å². The second-order valence-electron chi connectivity index (χ2n) is 9.40. The number of aromatic nitrogens is 1. The van der Waals surface area contributed by atoms with Gasteiger partial charge in [-0.15, -0.1) is 0 Å². The van der Waals surface area contributed by atoms with Gasteiger partial charge in [0, 0.05) is 23.1 Å². The molecule has 1 amide bonds. The SMILES string of the molecule is Cc1cc(COc2ccc(S(=O)(=O)CC3(CC(=O)NOC(=O)C(F)(F)F)CCC3)cc2)c2ccccc2n1. The van der Waals surface area contributed by atoms with Crippen molar-refractivity contribution in [2.24, 2.45) is 5.41 Å². The monoisotopic (exact) mass is 550 g/mol. The fraction of sp³-hybridized carbons (Fsp3) is 0.346. The van der Waals surface area contributed by atoms with Crippen molar-refractivity contribution in [3.8, 4) is 5.75 Å². The van der Waals surface area contributed by atoms with Crippen LogP contribution in [-0.2, 0) is 30.9 Å². The predicted molar refractivity (Wildman–Crippen MR) is 130 cm³/mol. The summed E-state index contributed by atoms with van der Waals surface area (Å²) in [4.78, 5) is 31.2. The molecule has 0 aliphatic heterocycles. The number of fused-ring (bicyclic) bond motifs is 1. The van der Waals surface area contributed by atoms with Crippen molar-refractivity contribution in [3.05, 3.63) is 65.9 Å². The van der Waals surface area contributed by atoms with Gasteiger partial charge in [0.05, 0.1) is 16.2 Å². The summed E-state index contributed by atoms with van der Waals surface area (Å²) in [5.41, 5.74) is 3.15. The summed E-state index contributed by atoms with van der Waals surface area (Å²) in [6, 6.07) is 15.5. The molecule has 0 unspecified atom stereocenters. The van der Waals surface area contributed by atoms with Crippen LogP contribution >= 0.6 is 0 Å². The number of pyridine rings is 1. The van der Waals surface area contributed by atoms with E-state index in [2.05, 4.69) is 9.82 Å². The Morgan fingerprint density at radius 2 is 1.76 bits per heavy atom. The van der Waals surface area contributed by atoms with Crippen LogP contribution in [0.4, 0.5) is 13.2 Å². The smallest absolute Gasteiger partial charge is 0.489 e. The quantitative estimate of drug-likeness (QED) is 0.408. The third kappa shape index (κ3) is 6.42. The maximum absolute atomic E-state index is 13.1. The number of aryl methyl sites for hydroxylation is 1. The third-order valence-corrected chi connectivity index (χ3v) is 8.42. The molecule has 0 atom stereocenters. The molecular formula is C26H25F3N2O6S. The fourth-order valence-electron chi connectivity index (χ4n) is 4.49. The van der Waals surface area contributed by atoms with E-state index in [1.54, 1.807) is 12.1 Å². The van der Waals surface area contributed by atoms with Gasteiger partial charge in [-0.1, -0.05) is 24.6 Å². The van der Waals surface area contributed by atoms with Gasteiger partial charge < -0.3 is 9.57 Å². The Kier molecular flexibility index (Phi) is 7.63. The molecule has 38 heavy (non-hydrogen) atoms. The molecule has 2 aromatic carbocycles. The number of benzene rings is 2. The summed E-state index contributed by atoms with van der Waals surface area (Å²) in [6.45, 7) is 2.15. The van der Waals surface area contributed by atoms with E-state index in [1.807, 2.05) is 37.3 Å². The van der Waals surface area contributed by atoms with Crippen molar-refractivity contribution < 1.29 is 40.8 Å². The van der Waals surface area contributed by atoms with Gasteiger partial charge in [0.1, 0.15) is 12.4 Å². The predicted octanol–water partition coefficient (Wildman–Crippen LogP) is 4.59. The lowest BCUT2D eigenvalue weighted by Crippen LogP contribution is -2.43. The molecular weight excluding hydrogens is 525 g/mol. The summed E-state index contributed by atoms with van der Waals surface area (Å²) in [6.07, 6.45) is -4.19. The number of rotatable bonds is 8. The van der Waals surface area contributed by atoms with E-state index >= 15 is 0 Å². The molecule has 1 aliphatic rings. The van der Waals surface area contributed by atoms with Gasteiger partial charge in [-0.3, -0.25) is 9.78 Å². The molecule has 0 spiro atoms. The zero-order valence-electron chi connectivity index (χ0n) is 20.4. The number of hydrogen-bond donors (Lipinski definition) is 1. The number of alkyl halides is 3. The normalized spacial score (nSPS) is 14.9. The maximum atomic E-state index is 13.1. The van der Waals surface area contributed by atoms with Crippen LogP contribution < -0.4 is 10.2 Å². The Bertz CT molecular complexity index is 1450. The van der Waals surface area contributed by atoms with Gasteiger partial charge >= 0.3 is 12.1 Å². The highest BCUT2D eigenvalue weighted by atomic mass is 32.2.